The van der Waals surface area contributed by atoms with Crippen molar-refractivity contribution in [3.63, 3.8) is 0 Å². The summed E-state index contributed by atoms with van der Waals surface area (Å²) in [7, 11) is 0. The third-order valence-corrected chi connectivity index (χ3v) is 5.87. The minimum absolute atomic E-state index is 0.00577. The van der Waals surface area contributed by atoms with E-state index >= 15 is 0 Å². The molecule has 1 saturated heterocycles. The molecule has 1 aromatic carbocycles. The number of furan rings is 1. The molecule has 0 aliphatic carbocycles. The number of carbonyl (C=O) groups excluding carboxylic acids is 1. The van der Waals surface area contributed by atoms with Gasteiger partial charge in [-0.3, -0.25) is 4.79 Å². The number of thioether (sulfide) groups is 1. The highest BCUT2D eigenvalue weighted by atomic mass is 32.2. The van der Waals surface area contributed by atoms with Crippen LogP contribution in [0, 0.1) is 0 Å². The van der Waals surface area contributed by atoms with Gasteiger partial charge in [-0.25, -0.2) is 4.79 Å². The van der Waals surface area contributed by atoms with Crippen LogP contribution in [0.3, 0.4) is 0 Å². The molecule has 0 spiro atoms. The maximum absolute atomic E-state index is 12.4. The molecule has 144 valence electrons. The number of aryl methyl sites for hydroxylation is 1. The van der Waals surface area contributed by atoms with Gasteiger partial charge < -0.3 is 19.6 Å². The molecule has 6 nitrogen and oxygen atoms in total. The highest BCUT2D eigenvalue weighted by Crippen LogP contribution is 2.26. The van der Waals surface area contributed by atoms with Gasteiger partial charge in [0, 0.05) is 42.4 Å². The summed E-state index contributed by atoms with van der Waals surface area (Å²) >= 11 is 1.91. The van der Waals surface area contributed by atoms with Gasteiger partial charge in [-0.1, -0.05) is 19.1 Å². The van der Waals surface area contributed by atoms with Crippen LogP contribution in [0.2, 0.25) is 0 Å². The predicted molar refractivity (Wildman–Crippen MR) is 105 cm³/mol. The van der Waals surface area contributed by atoms with E-state index in [9.17, 15) is 14.7 Å². The van der Waals surface area contributed by atoms with Gasteiger partial charge in [0.05, 0.1) is 0 Å². The third-order valence-electron chi connectivity index (χ3n) is 4.42. The lowest BCUT2D eigenvalue weighted by Gasteiger charge is -2.21. The third kappa shape index (κ3) is 5.14. The van der Waals surface area contributed by atoms with Crippen LogP contribution in [0.15, 0.2) is 34.7 Å². The fraction of sp³-hybridized carbons (Fsp3) is 0.400. The monoisotopic (exact) mass is 389 g/mol. The molecular formula is C20H23NO5S. The number of carboxylic acids is 1. The highest BCUT2D eigenvalue weighted by molar-refractivity contribution is 7.99. The maximum atomic E-state index is 12.4. The summed E-state index contributed by atoms with van der Waals surface area (Å²) in [5.41, 5.74) is 1.82. The van der Waals surface area contributed by atoms with Crippen LogP contribution < -0.4 is 5.32 Å². The summed E-state index contributed by atoms with van der Waals surface area (Å²) in [5, 5.41) is 12.6. The Morgan fingerprint density at radius 3 is 2.70 bits per heavy atom. The van der Waals surface area contributed by atoms with Gasteiger partial charge in [-0.2, -0.15) is 11.8 Å². The molecule has 0 atom stereocenters. The van der Waals surface area contributed by atoms with E-state index in [1.54, 1.807) is 6.92 Å². The van der Waals surface area contributed by atoms with Crippen molar-refractivity contribution in [1.82, 2.24) is 0 Å². The lowest BCUT2D eigenvalue weighted by atomic mass is 10.2. The van der Waals surface area contributed by atoms with Gasteiger partial charge in [0.25, 0.3) is 5.91 Å². The summed E-state index contributed by atoms with van der Waals surface area (Å²) < 4.78 is 10.8. The Morgan fingerprint density at radius 1 is 1.26 bits per heavy atom. The summed E-state index contributed by atoms with van der Waals surface area (Å²) in [5.74, 6) is -0.369. The zero-order valence-electron chi connectivity index (χ0n) is 15.2. The van der Waals surface area contributed by atoms with Gasteiger partial charge in [0.15, 0.2) is 5.76 Å². The molecule has 1 aliphatic rings. The second kappa shape index (κ2) is 9.10. The van der Waals surface area contributed by atoms with E-state index in [1.165, 1.54) is 6.07 Å². The molecule has 0 bridgehead atoms. The number of hydrogen-bond donors (Lipinski definition) is 2. The lowest BCUT2D eigenvalue weighted by Crippen LogP contribution is -2.17. The van der Waals surface area contributed by atoms with Crippen molar-refractivity contribution in [2.24, 2.45) is 0 Å². The quantitative estimate of drug-likeness (QED) is 0.738. The topological polar surface area (TPSA) is 88.8 Å². The van der Waals surface area contributed by atoms with E-state index in [0.717, 1.165) is 37.4 Å². The van der Waals surface area contributed by atoms with Crippen LogP contribution in [-0.4, -0.2) is 35.4 Å². The Kier molecular flexibility index (Phi) is 6.58. The Labute approximate surface area is 162 Å². The van der Waals surface area contributed by atoms with E-state index in [-0.39, 0.29) is 11.3 Å². The van der Waals surface area contributed by atoms with E-state index in [4.69, 9.17) is 9.15 Å². The Balaban J connectivity index is 1.63. The number of nitrogens with one attached hydrogen (secondary N) is 1. The number of benzene rings is 1. The summed E-state index contributed by atoms with van der Waals surface area (Å²) in [6.45, 7) is 3.44. The predicted octanol–water partition coefficient (Wildman–Crippen LogP) is 4.20. The van der Waals surface area contributed by atoms with Gasteiger partial charge in [0.1, 0.15) is 11.3 Å². The van der Waals surface area contributed by atoms with Gasteiger partial charge in [-0.05, 0) is 30.5 Å². The minimum atomic E-state index is -1.10. The Morgan fingerprint density at radius 2 is 2.04 bits per heavy atom. The lowest BCUT2D eigenvalue weighted by molar-refractivity contribution is 0.0694. The van der Waals surface area contributed by atoms with Crippen molar-refractivity contribution in [2.75, 3.05) is 18.5 Å². The van der Waals surface area contributed by atoms with Crippen molar-refractivity contribution in [2.45, 2.75) is 37.2 Å². The van der Waals surface area contributed by atoms with Crippen molar-refractivity contribution in [1.29, 1.82) is 0 Å². The molecule has 0 radical (unpaired) electrons. The fourth-order valence-corrected chi connectivity index (χ4v) is 4.11. The minimum Gasteiger partial charge on any atom is -0.478 e. The van der Waals surface area contributed by atoms with E-state index < -0.39 is 11.9 Å². The van der Waals surface area contributed by atoms with Crippen LogP contribution in [-0.2, 0) is 16.9 Å². The molecule has 0 saturated carbocycles. The van der Waals surface area contributed by atoms with Crippen molar-refractivity contribution in [3.05, 3.63) is 53.0 Å². The zero-order valence-corrected chi connectivity index (χ0v) is 16.0. The molecule has 2 aromatic rings. The number of anilines is 1. The van der Waals surface area contributed by atoms with Crippen molar-refractivity contribution in [3.8, 4) is 0 Å². The molecule has 2 heterocycles. The van der Waals surface area contributed by atoms with E-state index in [0.29, 0.717) is 23.1 Å². The van der Waals surface area contributed by atoms with Crippen LogP contribution in [0.4, 0.5) is 5.69 Å². The van der Waals surface area contributed by atoms with Crippen LogP contribution in [0.25, 0.3) is 0 Å². The number of carboxylic acid groups (broad SMARTS) is 1. The summed E-state index contributed by atoms with van der Waals surface area (Å²) in [4.78, 5) is 23.6. The van der Waals surface area contributed by atoms with Crippen LogP contribution >= 0.6 is 11.8 Å². The molecule has 3 rings (SSSR count). The molecule has 1 aliphatic heterocycles. The normalized spacial score (nSPS) is 14.9. The number of hydrogen-bond acceptors (Lipinski definition) is 5. The first-order valence-electron chi connectivity index (χ1n) is 9.02. The largest absolute Gasteiger partial charge is 0.478 e. The first kappa shape index (κ1) is 19.5. The smallest absolute Gasteiger partial charge is 0.339 e. The average molecular weight is 389 g/mol. The second-order valence-corrected chi connectivity index (χ2v) is 7.67. The second-order valence-electron chi connectivity index (χ2n) is 6.38. The number of aromatic carboxylic acids is 1. The molecule has 0 unspecified atom stereocenters. The summed E-state index contributed by atoms with van der Waals surface area (Å²) in [6.07, 6.45) is 2.56. The Bertz CT molecular complexity index is 810. The van der Waals surface area contributed by atoms with Crippen molar-refractivity contribution < 1.29 is 23.8 Å². The van der Waals surface area contributed by atoms with Gasteiger partial charge >= 0.3 is 5.97 Å². The molecule has 1 fully saturated rings. The zero-order chi connectivity index (χ0) is 19.2. The molecule has 27 heavy (non-hydrogen) atoms. The SMILES string of the molecule is CCc1oc(C(=O)Nc2cccc(CSC3CCOCC3)c2)cc1C(=O)O. The van der Waals surface area contributed by atoms with Gasteiger partial charge in [0.2, 0.25) is 0 Å². The number of rotatable bonds is 7. The number of carbonyl (C=O) groups is 2. The number of amides is 1. The first-order chi connectivity index (χ1) is 13.1. The highest BCUT2D eigenvalue weighted by Gasteiger charge is 2.20. The molecule has 1 amide bonds. The standard InChI is InChI=1S/C20H23NO5S/c1-2-17-16(20(23)24)11-18(26-17)19(22)21-14-5-3-4-13(10-14)12-27-15-6-8-25-9-7-15/h3-5,10-11,15H,2,6-9,12H2,1H3,(H,21,22)(H,23,24). The van der Waals surface area contributed by atoms with Gasteiger partial charge in [-0.15, -0.1) is 0 Å². The molecule has 2 N–H and O–H groups in total. The first-order valence-corrected chi connectivity index (χ1v) is 10.1. The molecule has 7 heteroatoms. The molecule has 1 aromatic heterocycles. The van der Waals surface area contributed by atoms with Crippen molar-refractivity contribution >= 4 is 29.3 Å². The van der Waals surface area contributed by atoms with Crippen LogP contribution in [0.1, 0.15) is 52.0 Å². The Hall–Kier alpha value is -2.25. The molecular weight excluding hydrogens is 366 g/mol. The van der Waals surface area contributed by atoms with E-state index in [2.05, 4.69) is 5.32 Å². The van der Waals surface area contributed by atoms with E-state index in [1.807, 2.05) is 36.0 Å². The van der Waals surface area contributed by atoms with Crippen LogP contribution in [0.5, 0.6) is 0 Å². The fourth-order valence-electron chi connectivity index (χ4n) is 2.97. The number of ether oxygens (including phenoxy) is 1. The maximum Gasteiger partial charge on any atom is 0.339 e. The average Bonchev–Trinajstić information content (AvgIpc) is 3.12. The summed E-state index contributed by atoms with van der Waals surface area (Å²) in [6, 6.07) is 8.96.